The third-order valence-corrected chi connectivity index (χ3v) is 4.98. The van der Waals surface area contributed by atoms with Gasteiger partial charge in [0.2, 0.25) is 5.91 Å². The van der Waals surface area contributed by atoms with E-state index in [9.17, 15) is 4.79 Å². The van der Waals surface area contributed by atoms with Crippen LogP contribution in [0.1, 0.15) is 50.5 Å². The fourth-order valence-electron chi connectivity index (χ4n) is 3.51. The van der Waals surface area contributed by atoms with Crippen molar-refractivity contribution in [2.24, 2.45) is 11.1 Å². The van der Waals surface area contributed by atoms with Crippen LogP contribution in [0.4, 0.5) is 0 Å². The predicted molar refractivity (Wildman–Crippen MR) is 101 cm³/mol. The molecule has 136 valence electrons. The van der Waals surface area contributed by atoms with E-state index in [1.807, 2.05) is 18.2 Å². The minimum atomic E-state index is 0. The van der Waals surface area contributed by atoms with Gasteiger partial charge in [0.1, 0.15) is 5.75 Å². The van der Waals surface area contributed by atoms with Gasteiger partial charge in [-0.05, 0) is 55.3 Å². The van der Waals surface area contributed by atoms with Crippen LogP contribution in [0.5, 0.6) is 5.75 Å². The van der Waals surface area contributed by atoms with Gasteiger partial charge in [-0.25, -0.2) is 0 Å². The summed E-state index contributed by atoms with van der Waals surface area (Å²) in [6, 6.07) is 8.09. The van der Waals surface area contributed by atoms with Crippen LogP contribution in [0.3, 0.4) is 0 Å². The van der Waals surface area contributed by atoms with Gasteiger partial charge in [0.25, 0.3) is 0 Å². The maximum absolute atomic E-state index is 12.2. The standard InChI is InChI=1S/C19H30N2O2.ClH/c1-23-17-9-5-7-16(13-17)8-6-12-21-18(22)14-19(15-20)10-3-2-4-11-19;/h5,7,9,13H,2-4,6,8,10-12,14-15,20H2,1H3,(H,21,22);1H. The molecule has 0 aromatic heterocycles. The summed E-state index contributed by atoms with van der Waals surface area (Å²) in [7, 11) is 1.68. The first-order chi connectivity index (χ1) is 11.2. The van der Waals surface area contributed by atoms with Gasteiger partial charge in [-0.1, -0.05) is 31.4 Å². The smallest absolute Gasteiger partial charge is 0.220 e. The molecular weight excluding hydrogens is 324 g/mol. The van der Waals surface area contributed by atoms with Crippen molar-refractivity contribution >= 4 is 18.3 Å². The van der Waals surface area contributed by atoms with Crippen molar-refractivity contribution in [2.45, 2.75) is 51.4 Å². The molecule has 3 N–H and O–H groups in total. The Morgan fingerprint density at radius 2 is 2.04 bits per heavy atom. The number of ether oxygens (including phenoxy) is 1. The number of carbonyl (C=O) groups excluding carboxylic acids is 1. The van der Waals surface area contributed by atoms with E-state index in [1.165, 1.54) is 24.8 Å². The van der Waals surface area contributed by atoms with Gasteiger partial charge in [-0.15, -0.1) is 12.4 Å². The molecule has 1 aromatic rings. The Morgan fingerprint density at radius 1 is 1.29 bits per heavy atom. The molecule has 1 aliphatic carbocycles. The topological polar surface area (TPSA) is 64.3 Å². The number of nitrogens with two attached hydrogens (primary N) is 1. The lowest BCUT2D eigenvalue weighted by Crippen LogP contribution is -2.38. The molecule has 0 atom stereocenters. The van der Waals surface area contributed by atoms with Crippen molar-refractivity contribution < 1.29 is 9.53 Å². The number of aryl methyl sites for hydroxylation is 1. The molecule has 0 spiro atoms. The van der Waals surface area contributed by atoms with Crippen molar-refractivity contribution in [1.82, 2.24) is 5.32 Å². The minimum absolute atomic E-state index is 0. The Bertz CT molecular complexity index is 502. The van der Waals surface area contributed by atoms with Crippen LogP contribution >= 0.6 is 12.4 Å². The summed E-state index contributed by atoms with van der Waals surface area (Å²) >= 11 is 0. The van der Waals surface area contributed by atoms with Crippen molar-refractivity contribution in [3.63, 3.8) is 0 Å². The van der Waals surface area contributed by atoms with Crippen LogP contribution in [0, 0.1) is 5.41 Å². The highest BCUT2D eigenvalue weighted by atomic mass is 35.5. The number of amides is 1. The van der Waals surface area contributed by atoms with E-state index < -0.39 is 0 Å². The lowest BCUT2D eigenvalue weighted by Gasteiger charge is -2.35. The number of hydrogen-bond acceptors (Lipinski definition) is 3. The fourth-order valence-corrected chi connectivity index (χ4v) is 3.51. The molecule has 2 rings (SSSR count). The summed E-state index contributed by atoms with van der Waals surface area (Å²) in [6.45, 7) is 1.35. The van der Waals surface area contributed by atoms with Gasteiger partial charge >= 0.3 is 0 Å². The zero-order valence-electron chi connectivity index (χ0n) is 14.7. The highest BCUT2D eigenvalue weighted by Crippen LogP contribution is 2.38. The summed E-state index contributed by atoms with van der Waals surface area (Å²) in [4.78, 5) is 12.2. The van der Waals surface area contributed by atoms with Crippen LogP contribution in [0.2, 0.25) is 0 Å². The van der Waals surface area contributed by atoms with Crippen molar-refractivity contribution in [2.75, 3.05) is 20.2 Å². The first-order valence-corrected chi connectivity index (χ1v) is 8.77. The molecule has 0 radical (unpaired) electrons. The third-order valence-electron chi connectivity index (χ3n) is 4.98. The monoisotopic (exact) mass is 354 g/mol. The lowest BCUT2D eigenvalue weighted by atomic mass is 9.71. The summed E-state index contributed by atoms with van der Waals surface area (Å²) in [6.07, 6.45) is 8.36. The number of benzene rings is 1. The predicted octanol–water partition coefficient (Wildman–Crippen LogP) is 3.47. The van der Waals surface area contributed by atoms with Crippen LogP contribution in [0.25, 0.3) is 0 Å². The molecule has 4 nitrogen and oxygen atoms in total. The van der Waals surface area contributed by atoms with E-state index in [-0.39, 0.29) is 23.7 Å². The number of rotatable bonds is 8. The van der Waals surface area contributed by atoms with E-state index in [4.69, 9.17) is 10.5 Å². The number of halogens is 1. The first-order valence-electron chi connectivity index (χ1n) is 8.77. The Balaban J connectivity index is 0.00000288. The zero-order valence-corrected chi connectivity index (χ0v) is 15.5. The molecule has 1 aliphatic rings. The largest absolute Gasteiger partial charge is 0.497 e. The summed E-state index contributed by atoms with van der Waals surface area (Å²) < 4.78 is 5.23. The molecule has 24 heavy (non-hydrogen) atoms. The Morgan fingerprint density at radius 3 is 2.71 bits per heavy atom. The maximum Gasteiger partial charge on any atom is 0.220 e. The molecule has 0 bridgehead atoms. The van der Waals surface area contributed by atoms with E-state index in [0.29, 0.717) is 13.0 Å². The van der Waals surface area contributed by atoms with Crippen molar-refractivity contribution in [1.29, 1.82) is 0 Å². The molecule has 5 heteroatoms. The highest BCUT2D eigenvalue weighted by Gasteiger charge is 2.32. The summed E-state index contributed by atoms with van der Waals surface area (Å²) in [5, 5.41) is 3.06. The van der Waals surface area contributed by atoms with Crippen molar-refractivity contribution in [3.05, 3.63) is 29.8 Å². The molecule has 1 fully saturated rings. The van der Waals surface area contributed by atoms with Crippen LogP contribution in [0.15, 0.2) is 24.3 Å². The molecule has 1 saturated carbocycles. The van der Waals surface area contributed by atoms with Crippen molar-refractivity contribution in [3.8, 4) is 5.75 Å². The minimum Gasteiger partial charge on any atom is -0.497 e. The second-order valence-corrected chi connectivity index (χ2v) is 6.75. The first kappa shape index (κ1) is 20.8. The second-order valence-electron chi connectivity index (χ2n) is 6.75. The molecule has 0 aliphatic heterocycles. The summed E-state index contributed by atoms with van der Waals surface area (Å²) in [5.74, 6) is 1.04. The van der Waals surface area contributed by atoms with Gasteiger partial charge in [-0.2, -0.15) is 0 Å². The quantitative estimate of drug-likeness (QED) is 0.702. The second kappa shape index (κ2) is 10.6. The number of methoxy groups -OCH3 is 1. The number of hydrogen-bond donors (Lipinski definition) is 2. The Kier molecular flexibility index (Phi) is 9.16. The normalized spacial score (nSPS) is 16.1. The van der Waals surface area contributed by atoms with E-state index >= 15 is 0 Å². The van der Waals surface area contributed by atoms with Gasteiger partial charge in [-0.3, -0.25) is 4.79 Å². The van der Waals surface area contributed by atoms with E-state index in [1.54, 1.807) is 7.11 Å². The lowest BCUT2D eigenvalue weighted by molar-refractivity contribution is -0.123. The van der Waals surface area contributed by atoms with E-state index in [0.717, 1.165) is 38.0 Å². The van der Waals surface area contributed by atoms with Crippen LogP contribution in [-0.2, 0) is 11.2 Å². The SMILES string of the molecule is COc1cccc(CCCNC(=O)CC2(CN)CCCCC2)c1.Cl. The average Bonchev–Trinajstić information content (AvgIpc) is 2.60. The molecular formula is C19H31ClN2O2. The van der Waals surface area contributed by atoms with E-state index in [2.05, 4.69) is 11.4 Å². The summed E-state index contributed by atoms with van der Waals surface area (Å²) in [5.41, 5.74) is 7.24. The van der Waals surface area contributed by atoms with Crippen LogP contribution in [-0.4, -0.2) is 26.1 Å². The Hall–Kier alpha value is -1.26. The molecule has 0 saturated heterocycles. The number of carbonyl (C=O) groups is 1. The number of nitrogens with one attached hydrogen (secondary N) is 1. The molecule has 1 aromatic carbocycles. The van der Waals surface area contributed by atoms with Crippen LogP contribution < -0.4 is 15.8 Å². The average molecular weight is 355 g/mol. The molecule has 0 unspecified atom stereocenters. The maximum atomic E-state index is 12.2. The third kappa shape index (κ3) is 6.33. The van der Waals surface area contributed by atoms with Gasteiger partial charge in [0.05, 0.1) is 7.11 Å². The fraction of sp³-hybridized carbons (Fsp3) is 0.632. The molecule has 1 amide bonds. The van der Waals surface area contributed by atoms with Gasteiger partial charge in [0.15, 0.2) is 0 Å². The zero-order chi connectivity index (χ0) is 16.5. The highest BCUT2D eigenvalue weighted by molar-refractivity contribution is 5.85. The van der Waals surface area contributed by atoms with Gasteiger partial charge < -0.3 is 15.8 Å². The van der Waals surface area contributed by atoms with Gasteiger partial charge in [0, 0.05) is 13.0 Å². The Labute approximate surface area is 151 Å². The molecule has 0 heterocycles.